The molecule has 0 radical (unpaired) electrons. The van der Waals surface area contributed by atoms with Crippen LogP contribution in [0.5, 0.6) is 5.75 Å². The van der Waals surface area contributed by atoms with Crippen molar-refractivity contribution in [3.05, 3.63) is 46.2 Å². The van der Waals surface area contributed by atoms with Crippen molar-refractivity contribution in [3.63, 3.8) is 0 Å². The molecule has 14 heteroatoms. The normalized spacial score (nSPS) is 11.4. The minimum absolute atomic E-state index is 0.00613. The van der Waals surface area contributed by atoms with Gasteiger partial charge in [0.2, 0.25) is 5.91 Å². The van der Waals surface area contributed by atoms with Crippen molar-refractivity contribution in [2.45, 2.75) is 31.8 Å². The lowest BCUT2D eigenvalue weighted by molar-refractivity contribution is -0.137. The third-order valence-electron chi connectivity index (χ3n) is 4.29. The highest BCUT2D eigenvalue weighted by Crippen LogP contribution is 2.31. The van der Waals surface area contributed by atoms with E-state index in [9.17, 15) is 22.8 Å². The SMILES string of the molecule is CCOC(=O)c1sc(NC(=O)CSc2nnc(COc3cccc(C(F)(F)F)c3)n2C)nc1C. The third kappa shape index (κ3) is 6.47. The number of carbonyl (C=O) groups is 2. The minimum Gasteiger partial charge on any atom is -0.486 e. The van der Waals surface area contributed by atoms with Crippen molar-refractivity contribution in [3.8, 4) is 5.75 Å². The van der Waals surface area contributed by atoms with Crippen molar-refractivity contribution in [1.29, 1.82) is 0 Å². The number of hydrogen-bond donors (Lipinski definition) is 1. The molecule has 2 heterocycles. The van der Waals surface area contributed by atoms with Crippen molar-refractivity contribution in [2.24, 2.45) is 7.05 Å². The topological polar surface area (TPSA) is 108 Å². The molecule has 182 valence electrons. The lowest BCUT2D eigenvalue weighted by Crippen LogP contribution is -2.14. The van der Waals surface area contributed by atoms with Crippen LogP contribution in [0.25, 0.3) is 0 Å². The molecule has 0 aliphatic rings. The fourth-order valence-corrected chi connectivity index (χ4v) is 4.23. The van der Waals surface area contributed by atoms with Gasteiger partial charge in [-0.25, -0.2) is 9.78 Å². The first kappa shape index (κ1) is 25.5. The molecule has 34 heavy (non-hydrogen) atoms. The van der Waals surface area contributed by atoms with E-state index in [0.717, 1.165) is 35.2 Å². The number of carbonyl (C=O) groups excluding carboxylic acids is 2. The molecule has 0 aliphatic heterocycles. The van der Waals surface area contributed by atoms with Gasteiger partial charge in [0.1, 0.15) is 17.2 Å². The zero-order valence-electron chi connectivity index (χ0n) is 18.3. The summed E-state index contributed by atoms with van der Waals surface area (Å²) in [7, 11) is 1.65. The summed E-state index contributed by atoms with van der Waals surface area (Å²) >= 11 is 2.13. The molecule has 0 saturated carbocycles. The average Bonchev–Trinajstić information content (AvgIpc) is 3.32. The summed E-state index contributed by atoms with van der Waals surface area (Å²) in [6.07, 6.45) is -4.47. The molecule has 3 aromatic rings. The molecular weight excluding hydrogens is 495 g/mol. The number of rotatable bonds is 9. The van der Waals surface area contributed by atoms with Gasteiger partial charge in [0, 0.05) is 7.05 Å². The van der Waals surface area contributed by atoms with Crippen LogP contribution in [0.4, 0.5) is 18.3 Å². The van der Waals surface area contributed by atoms with Gasteiger partial charge in [-0.05, 0) is 32.0 Å². The van der Waals surface area contributed by atoms with E-state index in [1.54, 1.807) is 25.5 Å². The average molecular weight is 516 g/mol. The molecule has 1 aromatic carbocycles. The fraction of sp³-hybridized carbons (Fsp3) is 0.350. The van der Waals surface area contributed by atoms with Crippen LogP contribution in [0.1, 0.15) is 33.7 Å². The summed E-state index contributed by atoms with van der Waals surface area (Å²) in [5, 5.41) is 11.3. The van der Waals surface area contributed by atoms with Crippen LogP contribution in [0.2, 0.25) is 0 Å². The molecule has 0 atom stereocenters. The second kappa shape index (κ2) is 10.9. The molecule has 9 nitrogen and oxygen atoms in total. The first-order valence-electron chi connectivity index (χ1n) is 9.84. The van der Waals surface area contributed by atoms with Gasteiger partial charge in [0.05, 0.1) is 23.6 Å². The highest BCUT2D eigenvalue weighted by Gasteiger charge is 2.30. The molecule has 0 fully saturated rings. The van der Waals surface area contributed by atoms with E-state index in [1.807, 2.05) is 0 Å². The minimum atomic E-state index is -4.47. The molecule has 1 N–H and O–H groups in total. The number of esters is 1. The van der Waals surface area contributed by atoms with Crippen LogP contribution in [-0.4, -0.2) is 44.0 Å². The Morgan fingerprint density at radius 3 is 2.74 bits per heavy atom. The van der Waals surface area contributed by atoms with E-state index in [1.165, 1.54) is 12.1 Å². The van der Waals surface area contributed by atoms with Crippen LogP contribution in [0, 0.1) is 6.92 Å². The maximum absolute atomic E-state index is 12.8. The van der Waals surface area contributed by atoms with E-state index < -0.39 is 17.7 Å². The van der Waals surface area contributed by atoms with E-state index in [0.29, 0.717) is 21.6 Å². The Kier molecular flexibility index (Phi) is 8.15. The van der Waals surface area contributed by atoms with Crippen molar-refractivity contribution < 1.29 is 32.2 Å². The van der Waals surface area contributed by atoms with Crippen LogP contribution in [-0.2, 0) is 29.4 Å². The Balaban J connectivity index is 1.54. The van der Waals surface area contributed by atoms with Gasteiger partial charge in [-0.15, -0.1) is 10.2 Å². The molecule has 2 aromatic heterocycles. The van der Waals surface area contributed by atoms with E-state index >= 15 is 0 Å². The van der Waals surface area contributed by atoms with Gasteiger partial charge in [-0.1, -0.05) is 29.2 Å². The monoisotopic (exact) mass is 515 g/mol. The summed E-state index contributed by atoms with van der Waals surface area (Å²) in [5.41, 5.74) is -0.347. The number of amides is 1. The number of halogens is 3. The molecule has 1 amide bonds. The van der Waals surface area contributed by atoms with Crippen LogP contribution in [0.3, 0.4) is 0 Å². The molecule has 0 saturated heterocycles. The number of nitrogens with one attached hydrogen (secondary N) is 1. The van der Waals surface area contributed by atoms with E-state index in [4.69, 9.17) is 9.47 Å². The predicted octanol–water partition coefficient (Wildman–Crippen LogP) is 4.09. The lowest BCUT2D eigenvalue weighted by atomic mass is 10.2. The Hall–Kier alpha value is -3.13. The Morgan fingerprint density at radius 1 is 1.26 bits per heavy atom. The maximum atomic E-state index is 12.8. The third-order valence-corrected chi connectivity index (χ3v) is 6.36. The number of nitrogens with zero attached hydrogens (tertiary/aromatic N) is 4. The van der Waals surface area contributed by atoms with Gasteiger partial charge < -0.3 is 19.4 Å². The number of ether oxygens (including phenoxy) is 2. The molecule has 3 rings (SSSR count). The van der Waals surface area contributed by atoms with Gasteiger partial charge in [0.25, 0.3) is 0 Å². The second-order valence-electron chi connectivity index (χ2n) is 6.76. The second-order valence-corrected chi connectivity index (χ2v) is 8.70. The predicted molar refractivity (Wildman–Crippen MR) is 119 cm³/mol. The van der Waals surface area contributed by atoms with Crippen molar-refractivity contribution in [2.75, 3.05) is 17.7 Å². The van der Waals surface area contributed by atoms with Crippen LogP contribution >= 0.6 is 23.1 Å². The number of aromatic nitrogens is 4. The Bertz CT molecular complexity index is 1180. The van der Waals surface area contributed by atoms with Crippen molar-refractivity contribution in [1.82, 2.24) is 19.7 Å². The number of aryl methyl sites for hydroxylation is 1. The van der Waals surface area contributed by atoms with Crippen molar-refractivity contribution >= 4 is 40.1 Å². The fourth-order valence-electron chi connectivity index (χ4n) is 2.63. The number of thiazole rings is 1. The van der Waals surface area contributed by atoms with Gasteiger partial charge in [-0.2, -0.15) is 13.2 Å². The number of thioether (sulfide) groups is 1. The molecule has 0 aliphatic carbocycles. The van der Waals surface area contributed by atoms with E-state index in [-0.39, 0.29) is 35.8 Å². The van der Waals surface area contributed by atoms with E-state index in [2.05, 4.69) is 20.5 Å². The molecule has 0 spiro atoms. The number of anilines is 1. The summed E-state index contributed by atoms with van der Waals surface area (Å²) in [5.74, 6) is -0.444. The highest BCUT2D eigenvalue weighted by molar-refractivity contribution is 7.99. The largest absolute Gasteiger partial charge is 0.486 e. The zero-order valence-corrected chi connectivity index (χ0v) is 19.9. The Labute approximate surface area is 200 Å². The summed E-state index contributed by atoms with van der Waals surface area (Å²) in [6.45, 7) is 3.48. The number of hydrogen-bond acceptors (Lipinski definition) is 9. The quantitative estimate of drug-likeness (QED) is 0.335. The molecule has 0 unspecified atom stereocenters. The smallest absolute Gasteiger partial charge is 0.416 e. The maximum Gasteiger partial charge on any atom is 0.416 e. The molecular formula is C20H20F3N5O4S2. The summed E-state index contributed by atoms with van der Waals surface area (Å²) in [6, 6.07) is 4.54. The molecule has 0 bridgehead atoms. The van der Waals surface area contributed by atoms with Gasteiger partial charge in [0.15, 0.2) is 16.1 Å². The zero-order chi connectivity index (χ0) is 24.9. The van der Waals surface area contributed by atoms with Gasteiger partial charge in [-0.3, -0.25) is 4.79 Å². The number of benzene rings is 1. The Morgan fingerprint density at radius 2 is 2.03 bits per heavy atom. The van der Waals surface area contributed by atoms with Crippen LogP contribution < -0.4 is 10.1 Å². The first-order valence-corrected chi connectivity index (χ1v) is 11.6. The lowest BCUT2D eigenvalue weighted by Gasteiger charge is -2.10. The highest BCUT2D eigenvalue weighted by atomic mass is 32.2. The summed E-state index contributed by atoms with van der Waals surface area (Å²) in [4.78, 5) is 28.6. The first-order chi connectivity index (χ1) is 16.1. The van der Waals surface area contributed by atoms with Crippen LogP contribution in [0.15, 0.2) is 29.4 Å². The summed E-state index contributed by atoms with van der Waals surface area (Å²) < 4.78 is 50.5. The standard InChI is InChI=1S/C20H20F3N5O4S2/c1-4-31-17(30)16-11(2)24-18(34-16)25-15(29)10-33-19-27-26-14(28(19)3)9-32-13-7-5-6-12(8-13)20(21,22)23/h5-8H,4,9-10H2,1-3H3,(H,24,25,29). The number of alkyl halides is 3. The van der Waals surface area contributed by atoms with Gasteiger partial charge >= 0.3 is 12.1 Å².